The summed E-state index contributed by atoms with van der Waals surface area (Å²) < 4.78 is 1.75. The van der Waals surface area contributed by atoms with E-state index in [1.54, 1.807) is 4.52 Å². The van der Waals surface area contributed by atoms with E-state index in [9.17, 15) is 4.79 Å². The van der Waals surface area contributed by atoms with Crippen LogP contribution in [0.5, 0.6) is 0 Å². The third kappa shape index (κ3) is 4.42. The van der Waals surface area contributed by atoms with Crippen LogP contribution in [0.25, 0.3) is 5.78 Å². The molecule has 0 saturated heterocycles. The predicted molar refractivity (Wildman–Crippen MR) is 108 cm³/mol. The number of hydrogen-bond acceptors (Lipinski definition) is 5. The molecule has 1 amide bonds. The maximum absolute atomic E-state index is 12.4. The molecule has 0 aliphatic rings. The maximum Gasteiger partial charge on any atom is 0.253 e. The number of nitrogens with one attached hydrogen (secondary N) is 1. The Morgan fingerprint density at radius 2 is 2.11 bits per heavy atom. The fourth-order valence-electron chi connectivity index (χ4n) is 3.05. The summed E-state index contributed by atoms with van der Waals surface area (Å²) in [5.41, 5.74) is 3.88. The lowest BCUT2D eigenvalue weighted by Gasteiger charge is -2.15. The molecule has 3 rings (SSSR count). The highest BCUT2D eigenvalue weighted by atomic mass is 35.5. The van der Waals surface area contributed by atoms with Crippen LogP contribution in [0.2, 0.25) is 5.02 Å². The molecule has 2 heterocycles. The van der Waals surface area contributed by atoms with E-state index in [0.717, 1.165) is 22.5 Å². The minimum absolute atomic E-state index is 0.00948. The van der Waals surface area contributed by atoms with Gasteiger partial charge in [-0.2, -0.15) is 4.98 Å². The largest absolute Gasteiger partial charge is 0.350 e. The van der Waals surface area contributed by atoms with Crippen LogP contribution in [0.3, 0.4) is 0 Å². The Morgan fingerprint density at radius 1 is 1.33 bits per heavy atom. The Hall–Kier alpha value is -2.12. The van der Waals surface area contributed by atoms with Crippen molar-refractivity contribution in [3.05, 3.63) is 51.8 Å². The molecule has 0 unspecified atom stereocenters. The summed E-state index contributed by atoms with van der Waals surface area (Å²) in [5.74, 6) is 0.585. The van der Waals surface area contributed by atoms with Gasteiger partial charge in [0.05, 0.1) is 6.04 Å². The number of hydrogen-bond donors (Lipinski definition) is 1. The van der Waals surface area contributed by atoms with E-state index in [1.165, 1.54) is 11.8 Å². The van der Waals surface area contributed by atoms with Gasteiger partial charge in [-0.05, 0) is 56.7 Å². The first kappa shape index (κ1) is 19.6. The van der Waals surface area contributed by atoms with E-state index in [2.05, 4.69) is 20.4 Å². The number of thioether (sulfide) groups is 1. The molecule has 0 aliphatic carbocycles. The molecule has 1 N–H and O–H groups in total. The number of benzene rings is 1. The topological polar surface area (TPSA) is 72.2 Å². The molecule has 1 aromatic carbocycles. The number of aromatic nitrogens is 4. The van der Waals surface area contributed by atoms with Crippen molar-refractivity contribution >= 4 is 35.0 Å². The maximum atomic E-state index is 12.4. The van der Waals surface area contributed by atoms with Crippen LogP contribution >= 0.6 is 23.4 Å². The third-order valence-electron chi connectivity index (χ3n) is 4.54. The van der Waals surface area contributed by atoms with Crippen molar-refractivity contribution in [3.63, 3.8) is 0 Å². The lowest BCUT2D eigenvalue weighted by Crippen LogP contribution is -2.27. The van der Waals surface area contributed by atoms with Crippen molar-refractivity contribution in [2.75, 3.05) is 6.26 Å². The highest BCUT2D eigenvalue weighted by molar-refractivity contribution is 7.98. The van der Waals surface area contributed by atoms with Crippen LogP contribution in [-0.2, 0) is 11.2 Å². The summed E-state index contributed by atoms with van der Waals surface area (Å²) in [4.78, 5) is 21.3. The zero-order valence-electron chi connectivity index (χ0n) is 15.8. The number of amides is 1. The molecular weight excluding hydrogens is 382 g/mol. The number of carbonyl (C=O) groups is 1. The van der Waals surface area contributed by atoms with Crippen LogP contribution < -0.4 is 5.32 Å². The fraction of sp³-hybridized carbons (Fsp3) is 0.368. The second-order valence-electron chi connectivity index (χ2n) is 6.42. The van der Waals surface area contributed by atoms with Gasteiger partial charge in [0.15, 0.2) is 0 Å². The lowest BCUT2D eigenvalue weighted by molar-refractivity contribution is -0.121. The van der Waals surface area contributed by atoms with Gasteiger partial charge in [0, 0.05) is 22.8 Å². The summed E-state index contributed by atoms with van der Waals surface area (Å²) in [6.07, 6.45) is 2.91. The Labute approximate surface area is 167 Å². The van der Waals surface area contributed by atoms with Crippen LogP contribution in [-0.4, -0.2) is 31.7 Å². The minimum Gasteiger partial charge on any atom is -0.350 e. The van der Waals surface area contributed by atoms with Gasteiger partial charge in [-0.25, -0.2) is 9.50 Å². The standard InChI is InChI=1S/C19H22ClN5OS/c1-11(14-6-5-7-15(20)10-14)21-17(26)9-8-16-12(2)22-18-23-19(27-4)24-25(18)13(16)3/h5-7,10-11H,8-9H2,1-4H3,(H,21,26)/t11-/m0/s1. The molecule has 6 nitrogen and oxygen atoms in total. The Morgan fingerprint density at radius 3 is 2.81 bits per heavy atom. The zero-order valence-corrected chi connectivity index (χ0v) is 17.4. The molecular formula is C19H22ClN5OS. The van der Waals surface area contributed by atoms with Crippen molar-refractivity contribution in [1.29, 1.82) is 0 Å². The molecule has 0 bridgehead atoms. The summed E-state index contributed by atoms with van der Waals surface area (Å²) in [5, 5.41) is 8.83. The summed E-state index contributed by atoms with van der Waals surface area (Å²) in [6.45, 7) is 5.89. The molecule has 0 radical (unpaired) electrons. The number of aryl methyl sites for hydroxylation is 2. The van der Waals surface area contributed by atoms with Gasteiger partial charge < -0.3 is 5.32 Å². The second-order valence-corrected chi connectivity index (χ2v) is 7.63. The summed E-state index contributed by atoms with van der Waals surface area (Å²) in [7, 11) is 0. The first-order valence-corrected chi connectivity index (χ1v) is 10.3. The third-order valence-corrected chi connectivity index (χ3v) is 5.31. The van der Waals surface area contributed by atoms with Crippen molar-refractivity contribution in [3.8, 4) is 0 Å². The molecule has 27 heavy (non-hydrogen) atoms. The smallest absolute Gasteiger partial charge is 0.253 e. The zero-order chi connectivity index (χ0) is 19.6. The number of carbonyl (C=O) groups excluding carboxylic acids is 1. The van der Waals surface area contributed by atoms with Gasteiger partial charge in [0.1, 0.15) is 0 Å². The minimum atomic E-state index is -0.0987. The van der Waals surface area contributed by atoms with E-state index < -0.39 is 0 Å². The molecule has 0 aliphatic heterocycles. The van der Waals surface area contributed by atoms with E-state index in [1.807, 2.05) is 51.3 Å². The lowest BCUT2D eigenvalue weighted by atomic mass is 10.1. The SMILES string of the molecule is CSc1nc2nc(C)c(CCC(=O)N[C@@H](C)c3cccc(Cl)c3)c(C)n2n1. The number of nitrogens with zero attached hydrogens (tertiary/aromatic N) is 4. The summed E-state index contributed by atoms with van der Waals surface area (Å²) in [6, 6.07) is 7.43. The van der Waals surface area contributed by atoms with Crippen LogP contribution in [0, 0.1) is 13.8 Å². The number of halogens is 1. The van der Waals surface area contributed by atoms with E-state index in [4.69, 9.17) is 11.6 Å². The Bertz CT molecular complexity index is 988. The predicted octanol–water partition coefficient (Wildman–Crippen LogP) is 3.93. The van der Waals surface area contributed by atoms with Crippen molar-refractivity contribution in [2.24, 2.45) is 0 Å². The normalized spacial score (nSPS) is 12.3. The van der Waals surface area contributed by atoms with Crippen molar-refractivity contribution < 1.29 is 4.79 Å². The van der Waals surface area contributed by atoms with E-state index in [-0.39, 0.29) is 11.9 Å². The molecule has 0 saturated carbocycles. The first-order valence-electron chi connectivity index (χ1n) is 8.70. The molecule has 0 fully saturated rings. The fourth-order valence-corrected chi connectivity index (χ4v) is 3.58. The molecule has 8 heteroatoms. The molecule has 0 spiro atoms. The van der Waals surface area contributed by atoms with E-state index in [0.29, 0.717) is 28.8 Å². The van der Waals surface area contributed by atoms with Gasteiger partial charge in [-0.3, -0.25) is 4.79 Å². The van der Waals surface area contributed by atoms with Gasteiger partial charge >= 0.3 is 0 Å². The number of fused-ring (bicyclic) bond motifs is 1. The Balaban J connectivity index is 1.69. The molecule has 142 valence electrons. The van der Waals surface area contributed by atoms with Gasteiger partial charge in [-0.1, -0.05) is 35.5 Å². The van der Waals surface area contributed by atoms with Crippen molar-refractivity contribution in [1.82, 2.24) is 24.9 Å². The van der Waals surface area contributed by atoms with Gasteiger partial charge in [-0.15, -0.1) is 5.10 Å². The van der Waals surface area contributed by atoms with Crippen LogP contribution in [0.1, 0.15) is 41.9 Å². The highest BCUT2D eigenvalue weighted by Gasteiger charge is 2.15. The summed E-state index contributed by atoms with van der Waals surface area (Å²) >= 11 is 7.51. The first-order chi connectivity index (χ1) is 12.9. The Kier molecular flexibility index (Phi) is 6.01. The molecule has 2 aromatic heterocycles. The monoisotopic (exact) mass is 403 g/mol. The van der Waals surface area contributed by atoms with Crippen molar-refractivity contribution in [2.45, 2.75) is 44.8 Å². The molecule has 1 atom stereocenters. The molecule has 3 aromatic rings. The number of rotatable bonds is 6. The average Bonchev–Trinajstić information content (AvgIpc) is 3.04. The van der Waals surface area contributed by atoms with Crippen LogP contribution in [0.15, 0.2) is 29.4 Å². The average molecular weight is 404 g/mol. The van der Waals surface area contributed by atoms with E-state index >= 15 is 0 Å². The quantitative estimate of drug-likeness (QED) is 0.631. The second kappa shape index (κ2) is 8.27. The highest BCUT2D eigenvalue weighted by Crippen LogP contribution is 2.19. The van der Waals surface area contributed by atoms with Gasteiger partial charge in [0.25, 0.3) is 5.78 Å². The van der Waals surface area contributed by atoms with Gasteiger partial charge in [0.2, 0.25) is 11.1 Å². The van der Waals surface area contributed by atoms with Crippen LogP contribution in [0.4, 0.5) is 0 Å².